The molecular weight excluding hydrogens is 701 g/mol. The molecule has 0 bridgehead atoms. The van der Waals surface area contributed by atoms with Crippen LogP contribution < -0.4 is 10.6 Å². The molecule has 0 radical (unpaired) electrons. The topological polar surface area (TPSA) is 76.7 Å². The maximum Gasteiger partial charge on any atom is 0.314 e. The minimum absolute atomic E-state index is 0.0135. The van der Waals surface area contributed by atoms with Gasteiger partial charge in [-0.3, -0.25) is 9.59 Å². The van der Waals surface area contributed by atoms with Crippen molar-refractivity contribution in [3.63, 3.8) is 0 Å². The van der Waals surface area contributed by atoms with Crippen molar-refractivity contribution in [3.8, 4) is 0 Å². The van der Waals surface area contributed by atoms with Crippen LogP contribution in [0.1, 0.15) is 174 Å². The van der Waals surface area contributed by atoms with E-state index >= 15 is 0 Å². The molecule has 2 amide bonds. The van der Waals surface area contributed by atoms with Crippen molar-refractivity contribution in [1.29, 1.82) is 0 Å². The van der Waals surface area contributed by atoms with Crippen LogP contribution in [0.25, 0.3) is 0 Å². The molecule has 0 spiro atoms. The minimum atomic E-state index is -2.11. The molecule has 0 heterocycles. The number of amides is 2. The normalized spacial score (nSPS) is 13.0. The monoisotopic (exact) mass is 789 g/mol. The van der Waals surface area contributed by atoms with E-state index in [2.05, 4.69) is 69.6 Å². The van der Waals surface area contributed by atoms with Crippen molar-refractivity contribution in [1.82, 2.24) is 10.6 Å². The van der Waals surface area contributed by atoms with Gasteiger partial charge in [-0.15, -0.1) is 0 Å². The van der Waals surface area contributed by atoms with Crippen molar-refractivity contribution in [2.24, 2.45) is 0 Å². The summed E-state index contributed by atoms with van der Waals surface area (Å²) in [6, 6.07) is 0.690. The molecule has 0 aromatic carbocycles. The van der Waals surface area contributed by atoms with Crippen molar-refractivity contribution in [2.75, 3.05) is 18.6 Å². The molecule has 10 heteroatoms. The van der Waals surface area contributed by atoms with E-state index in [4.69, 9.17) is 8.23 Å². The first-order valence-corrected chi connectivity index (χ1v) is 32.4. The first kappa shape index (κ1) is 50.9. The van der Waals surface area contributed by atoms with Crippen LogP contribution in [0.3, 0.4) is 0 Å². The number of thioether (sulfide) groups is 1. The third-order valence-corrected chi connectivity index (χ3v) is 19.7. The second-order valence-corrected chi connectivity index (χ2v) is 31.2. The van der Waals surface area contributed by atoms with E-state index in [0.717, 1.165) is 31.1 Å². The van der Waals surface area contributed by atoms with Crippen molar-refractivity contribution in [2.45, 2.75) is 232 Å². The second-order valence-electron chi connectivity index (χ2n) is 17.4. The van der Waals surface area contributed by atoms with Crippen LogP contribution in [0.5, 0.6) is 0 Å². The van der Waals surface area contributed by atoms with Gasteiger partial charge in [0.05, 0.1) is 0 Å². The number of nitrogens with one attached hydrogen (secondary N) is 2. The molecule has 1 atom stereocenters. The van der Waals surface area contributed by atoms with Gasteiger partial charge in [0.2, 0.25) is 11.8 Å². The maximum absolute atomic E-state index is 12.9. The van der Waals surface area contributed by atoms with Gasteiger partial charge >= 0.3 is 8.56 Å². The predicted molar refractivity (Wildman–Crippen MR) is 234 cm³/mol. The molecule has 0 aliphatic heterocycles. The van der Waals surface area contributed by atoms with Gasteiger partial charge in [0.25, 0.3) is 0 Å². The average molecular weight is 789 g/mol. The fourth-order valence-electron chi connectivity index (χ4n) is 6.99. The Labute approximate surface area is 326 Å². The summed E-state index contributed by atoms with van der Waals surface area (Å²) in [6.45, 7) is 19.0. The first-order chi connectivity index (χ1) is 24.2. The minimum Gasteiger partial charge on any atom is -0.437 e. The van der Waals surface area contributed by atoms with E-state index in [1.807, 2.05) is 0 Å². The Morgan fingerprint density at radius 3 is 1.37 bits per heavy atom. The molecule has 6 nitrogen and oxygen atoms in total. The Hall–Kier alpha value is -0.139. The summed E-state index contributed by atoms with van der Waals surface area (Å²) in [6.07, 6.45) is 34.2. The number of hydrogen-bond donors (Lipinski definition) is 2. The smallest absolute Gasteiger partial charge is 0.314 e. The van der Waals surface area contributed by atoms with Crippen molar-refractivity contribution >= 4 is 48.8 Å². The zero-order valence-electron chi connectivity index (χ0n) is 35.6. The Morgan fingerprint density at radius 2 is 0.961 bits per heavy atom. The third kappa shape index (κ3) is 35.3. The molecule has 0 saturated heterocycles. The Balaban J connectivity index is 3.97. The lowest BCUT2D eigenvalue weighted by Gasteiger charge is -2.38. The Bertz CT molecular complexity index is 823. The van der Waals surface area contributed by atoms with E-state index in [-0.39, 0.29) is 11.8 Å². The number of carbonyl (C=O) groups is 2. The predicted octanol–water partition coefficient (Wildman–Crippen LogP) is 12.9. The summed E-state index contributed by atoms with van der Waals surface area (Å²) < 4.78 is 13.3. The van der Waals surface area contributed by atoms with Gasteiger partial charge in [-0.2, -0.15) is 11.8 Å². The quantitative estimate of drug-likeness (QED) is 0.0484. The van der Waals surface area contributed by atoms with E-state index in [1.165, 1.54) is 135 Å². The van der Waals surface area contributed by atoms with Crippen LogP contribution in [0.15, 0.2) is 0 Å². The lowest BCUT2D eigenvalue weighted by Crippen LogP contribution is -2.52. The average Bonchev–Trinajstić information content (AvgIpc) is 3.03. The van der Waals surface area contributed by atoms with Crippen molar-refractivity contribution in [3.05, 3.63) is 0 Å². The molecule has 0 unspecified atom stereocenters. The Kier molecular flexibility index (Phi) is 32.0. The fourth-order valence-corrected chi connectivity index (χ4v) is 20.1. The van der Waals surface area contributed by atoms with Crippen LogP contribution in [-0.2, 0) is 17.8 Å². The van der Waals surface area contributed by atoms with Gasteiger partial charge in [0, 0.05) is 13.0 Å². The van der Waals surface area contributed by atoms with Crippen LogP contribution in [0, 0.1) is 0 Å². The van der Waals surface area contributed by atoms with Gasteiger partial charge in [0.1, 0.15) is 6.04 Å². The highest BCUT2D eigenvalue weighted by atomic mass is 32.2. The van der Waals surface area contributed by atoms with Gasteiger partial charge in [0.15, 0.2) is 16.6 Å². The molecule has 51 heavy (non-hydrogen) atoms. The molecule has 304 valence electrons. The van der Waals surface area contributed by atoms with Crippen molar-refractivity contribution < 1.29 is 17.8 Å². The summed E-state index contributed by atoms with van der Waals surface area (Å²) in [5.74, 6) is 0.877. The SMILES string of the molecule is CCCCCCCCCCCCCCCCCCNC(=O)[C@H](CCSC)NC(=O)CCCCCCCCCC[Si](C)(O[Si](C)(C)C)O[Si](C)(C)C. The molecule has 0 aliphatic carbocycles. The van der Waals surface area contributed by atoms with E-state index < -0.39 is 31.2 Å². The van der Waals surface area contributed by atoms with Crippen LogP contribution >= 0.6 is 11.8 Å². The number of hydrogen-bond acceptors (Lipinski definition) is 5. The van der Waals surface area contributed by atoms with E-state index in [1.54, 1.807) is 11.8 Å². The molecule has 0 fully saturated rings. The van der Waals surface area contributed by atoms with Gasteiger partial charge < -0.3 is 18.9 Å². The summed E-state index contributed by atoms with van der Waals surface area (Å²) in [5, 5.41) is 6.16. The molecule has 0 aromatic heterocycles. The largest absolute Gasteiger partial charge is 0.437 e. The third-order valence-electron chi connectivity index (χ3n) is 9.42. The summed E-state index contributed by atoms with van der Waals surface area (Å²) in [4.78, 5) is 25.6. The first-order valence-electron chi connectivity index (χ1n) is 21.7. The van der Waals surface area contributed by atoms with Gasteiger partial charge in [-0.25, -0.2) is 0 Å². The molecule has 2 N–H and O–H groups in total. The van der Waals surface area contributed by atoms with Crippen LogP contribution in [0.4, 0.5) is 0 Å². The highest BCUT2D eigenvalue weighted by Gasteiger charge is 2.39. The highest BCUT2D eigenvalue weighted by Crippen LogP contribution is 2.27. The zero-order valence-corrected chi connectivity index (χ0v) is 39.4. The van der Waals surface area contributed by atoms with E-state index in [0.29, 0.717) is 19.4 Å². The molecule has 0 aromatic rings. The lowest BCUT2D eigenvalue weighted by molar-refractivity contribution is -0.129. The highest BCUT2D eigenvalue weighted by molar-refractivity contribution is 7.98. The molecule has 0 saturated carbocycles. The summed E-state index contributed by atoms with van der Waals surface area (Å²) >= 11 is 1.73. The van der Waals surface area contributed by atoms with Crippen LogP contribution in [0.2, 0.25) is 51.9 Å². The summed E-state index contributed by atoms with van der Waals surface area (Å²) in [5.41, 5.74) is 0. The maximum atomic E-state index is 12.9. The summed E-state index contributed by atoms with van der Waals surface area (Å²) in [7, 11) is -5.36. The molecule has 0 aliphatic rings. The molecular formula is C41H88N2O4SSi3. The standard InChI is InChI=1S/C41H88N2O4SSi3/c1-10-11-12-13-14-15-16-17-18-19-20-21-23-26-29-32-36-42-41(45)39(35-37-48-2)43-40(44)34-31-28-25-22-24-27-30-33-38-51(9,46-49(3,4)5)47-50(6,7)8/h39H,10-38H2,1-9H3,(H,42,45)(H,43,44)/t39-/m0/s1. The number of carbonyl (C=O) groups excluding carboxylic acids is 2. The zero-order chi connectivity index (χ0) is 38.3. The van der Waals surface area contributed by atoms with E-state index in [9.17, 15) is 9.59 Å². The van der Waals surface area contributed by atoms with Crippen LogP contribution in [-0.4, -0.2) is 61.6 Å². The van der Waals surface area contributed by atoms with Gasteiger partial charge in [-0.1, -0.05) is 148 Å². The van der Waals surface area contributed by atoms with Gasteiger partial charge in [-0.05, 0) is 83.1 Å². The fraction of sp³-hybridized carbons (Fsp3) is 0.951. The number of unbranched alkanes of at least 4 members (excludes halogenated alkanes) is 22. The Morgan fingerprint density at radius 1 is 0.569 bits per heavy atom. The number of rotatable bonds is 37. The lowest BCUT2D eigenvalue weighted by atomic mass is 10.0. The second kappa shape index (κ2) is 32.1. The molecule has 0 rings (SSSR count).